The van der Waals surface area contributed by atoms with Crippen LogP contribution >= 0.6 is 0 Å². The van der Waals surface area contributed by atoms with Gasteiger partial charge in [0.15, 0.2) is 0 Å². The van der Waals surface area contributed by atoms with Crippen molar-refractivity contribution in [3.63, 3.8) is 0 Å². The van der Waals surface area contributed by atoms with Gasteiger partial charge in [0.2, 0.25) is 0 Å². The molecular weight excluding hydrogens is 178 g/mol. The first-order chi connectivity index (χ1) is 6.83. The van der Waals surface area contributed by atoms with Crippen molar-refractivity contribution in [2.45, 2.75) is 50.5 Å². The lowest BCUT2D eigenvalue weighted by Gasteiger charge is -2.31. The maximum absolute atomic E-state index is 8.70. The van der Waals surface area contributed by atoms with Crippen LogP contribution in [-0.4, -0.2) is 30.5 Å². The molecule has 1 fully saturated rings. The van der Waals surface area contributed by atoms with E-state index in [2.05, 4.69) is 0 Å². The smallest absolute Gasteiger partial charge is 0.0804 e. The zero-order chi connectivity index (χ0) is 10.3. The summed E-state index contributed by atoms with van der Waals surface area (Å²) in [5.41, 5.74) is 5.72. The van der Waals surface area contributed by atoms with Crippen molar-refractivity contribution in [3.8, 4) is 0 Å². The zero-order valence-electron chi connectivity index (χ0n) is 9.00. The van der Waals surface area contributed by atoms with Crippen LogP contribution in [0.4, 0.5) is 0 Å². The molecule has 3 N–H and O–H groups in total. The molecule has 0 aromatic carbocycles. The fourth-order valence-electron chi connectivity index (χ4n) is 2.13. The van der Waals surface area contributed by atoms with Crippen LogP contribution in [0.5, 0.6) is 0 Å². The molecule has 0 unspecified atom stereocenters. The van der Waals surface area contributed by atoms with Gasteiger partial charge in [0, 0.05) is 19.8 Å². The van der Waals surface area contributed by atoms with Gasteiger partial charge in [0.1, 0.15) is 0 Å². The van der Waals surface area contributed by atoms with Gasteiger partial charge in [-0.25, -0.2) is 0 Å². The zero-order valence-corrected chi connectivity index (χ0v) is 9.00. The van der Waals surface area contributed by atoms with Gasteiger partial charge in [-0.2, -0.15) is 0 Å². The monoisotopic (exact) mass is 201 g/mol. The Morgan fingerprint density at radius 2 is 1.79 bits per heavy atom. The molecular formula is C11H23NO2. The number of ether oxygens (including phenoxy) is 1. The number of rotatable bonds is 5. The lowest BCUT2D eigenvalue weighted by molar-refractivity contribution is -0.0532. The standard InChI is InChI=1S/C11H23NO2/c12-10-11(14-9-5-8-13)6-3-1-2-4-7-11/h13H,1-10,12H2. The molecule has 0 aliphatic heterocycles. The molecule has 0 aromatic rings. The third kappa shape index (κ3) is 3.56. The number of nitrogens with two attached hydrogens (primary N) is 1. The Morgan fingerprint density at radius 3 is 2.29 bits per heavy atom. The molecule has 3 nitrogen and oxygen atoms in total. The Kier molecular flexibility index (Phi) is 5.45. The maximum atomic E-state index is 8.70. The first-order valence-electron chi connectivity index (χ1n) is 5.78. The molecule has 0 atom stereocenters. The molecule has 1 saturated carbocycles. The van der Waals surface area contributed by atoms with E-state index in [4.69, 9.17) is 15.6 Å². The number of aliphatic hydroxyl groups excluding tert-OH is 1. The lowest BCUT2D eigenvalue weighted by Crippen LogP contribution is -2.40. The molecule has 0 radical (unpaired) electrons. The highest BCUT2D eigenvalue weighted by Crippen LogP contribution is 2.29. The quantitative estimate of drug-likeness (QED) is 0.522. The van der Waals surface area contributed by atoms with Gasteiger partial charge in [0.25, 0.3) is 0 Å². The number of hydrogen-bond donors (Lipinski definition) is 2. The summed E-state index contributed by atoms with van der Waals surface area (Å²) in [7, 11) is 0. The van der Waals surface area contributed by atoms with Crippen molar-refractivity contribution in [1.29, 1.82) is 0 Å². The minimum Gasteiger partial charge on any atom is -0.396 e. The summed E-state index contributed by atoms with van der Waals surface area (Å²) in [6.07, 6.45) is 7.99. The fourth-order valence-corrected chi connectivity index (χ4v) is 2.13. The van der Waals surface area contributed by atoms with Gasteiger partial charge in [-0.05, 0) is 19.3 Å². The molecule has 0 aromatic heterocycles. The van der Waals surface area contributed by atoms with Crippen molar-refractivity contribution < 1.29 is 9.84 Å². The van der Waals surface area contributed by atoms with Crippen LogP contribution in [0.2, 0.25) is 0 Å². The maximum Gasteiger partial charge on any atom is 0.0804 e. The van der Waals surface area contributed by atoms with E-state index in [1.54, 1.807) is 0 Å². The molecule has 0 heterocycles. The van der Waals surface area contributed by atoms with E-state index in [9.17, 15) is 0 Å². The van der Waals surface area contributed by atoms with Crippen LogP contribution in [0.25, 0.3) is 0 Å². The average molecular weight is 201 g/mol. The van der Waals surface area contributed by atoms with Crippen LogP contribution < -0.4 is 5.73 Å². The van der Waals surface area contributed by atoms with Crippen molar-refractivity contribution in [2.75, 3.05) is 19.8 Å². The van der Waals surface area contributed by atoms with Gasteiger partial charge in [-0.3, -0.25) is 0 Å². The van der Waals surface area contributed by atoms with Crippen LogP contribution in [0.15, 0.2) is 0 Å². The van der Waals surface area contributed by atoms with Crippen molar-refractivity contribution in [1.82, 2.24) is 0 Å². The molecule has 1 rings (SSSR count). The summed E-state index contributed by atoms with van der Waals surface area (Å²) in [6, 6.07) is 0. The Bertz CT molecular complexity index is 142. The van der Waals surface area contributed by atoms with E-state index in [1.165, 1.54) is 25.7 Å². The highest BCUT2D eigenvalue weighted by atomic mass is 16.5. The molecule has 3 heteroatoms. The van der Waals surface area contributed by atoms with Crippen LogP contribution in [0.1, 0.15) is 44.9 Å². The van der Waals surface area contributed by atoms with Gasteiger partial charge in [0.05, 0.1) is 5.60 Å². The number of hydrogen-bond acceptors (Lipinski definition) is 3. The lowest BCUT2D eigenvalue weighted by atomic mass is 9.94. The van der Waals surface area contributed by atoms with Crippen LogP contribution in [0.3, 0.4) is 0 Å². The van der Waals surface area contributed by atoms with Gasteiger partial charge in [-0.1, -0.05) is 25.7 Å². The second-order valence-electron chi connectivity index (χ2n) is 4.23. The molecule has 0 saturated heterocycles. The van der Waals surface area contributed by atoms with E-state index in [1.807, 2.05) is 0 Å². The summed E-state index contributed by atoms with van der Waals surface area (Å²) < 4.78 is 5.86. The summed E-state index contributed by atoms with van der Waals surface area (Å²) in [5, 5.41) is 8.70. The second-order valence-corrected chi connectivity index (χ2v) is 4.23. The van der Waals surface area contributed by atoms with Gasteiger partial charge in [-0.15, -0.1) is 0 Å². The Morgan fingerprint density at radius 1 is 1.14 bits per heavy atom. The highest BCUT2D eigenvalue weighted by molar-refractivity contribution is 4.84. The second kappa shape index (κ2) is 6.38. The summed E-state index contributed by atoms with van der Waals surface area (Å²) in [6.45, 7) is 1.48. The van der Waals surface area contributed by atoms with E-state index in [0.29, 0.717) is 13.2 Å². The van der Waals surface area contributed by atoms with Crippen LogP contribution in [-0.2, 0) is 4.74 Å². The molecule has 0 spiro atoms. The van der Waals surface area contributed by atoms with E-state index in [0.717, 1.165) is 19.3 Å². The Labute approximate surface area is 86.6 Å². The minimum atomic E-state index is -0.0777. The largest absolute Gasteiger partial charge is 0.396 e. The molecule has 1 aliphatic rings. The van der Waals surface area contributed by atoms with E-state index in [-0.39, 0.29) is 12.2 Å². The summed E-state index contributed by atoms with van der Waals surface area (Å²) in [5.74, 6) is 0. The average Bonchev–Trinajstić information content (AvgIpc) is 2.45. The Balaban J connectivity index is 2.37. The van der Waals surface area contributed by atoms with E-state index >= 15 is 0 Å². The van der Waals surface area contributed by atoms with Gasteiger partial charge < -0.3 is 15.6 Å². The predicted molar refractivity (Wildman–Crippen MR) is 57.1 cm³/mol. The van der Waals surface area contributed by atoms with Crippen molar-refractivity contribution >= 4 is 0 Å². The topological polar surface area (TPSA) is 55.5 Å². The highest BCUT2D eigenvalue weighted by Gasteiger charge is 2.29. The summed E-state index contributed by atoms with van der Waals surface area (Å²) >= 11 is 0. The number of aliphatic hydroxyl groups is 1. The molecule has 1 aliphatic carbocycles. The first kappa shape index (κ1) is 12.0. The molecule has 14 heavy (non-hydrogen) atoms. The molecule has 0 amide bonds. The first-order valence-corrected chi connectivity index (χ1v) is 5.78. The van der Waals surface area contributed by atoms with Gasteiger partial charge >= 0.3 is 0 Å². The fraction of sp³-hybridized carbons (Fsp3) is 1.00. The predicted octanol–water partition coefficient (Wildman–Crippen LogP) is 1.44. The normalized spacial score (nSPS) is 21.9. The molecule has 84 valence electrons. The minimum absolute atomic E-state index is 0.0777. The molecule has 0 bridgehead atoms. The summed E-state index contributed by atoms with van der Waals surface area (Å²) in [4.78, 5) is 0. The SMILES string of the molecule is NCC1(OCCCO)CCCCCC1. The Hall–Kier alpha value is -0.120. The van der Waals surface area contributed by atoms with Crippen LogP contribution in [0, 0.1) is 0 Å². The van der Waals surface area contributed by atoms with E-state index < -0.39 is 0 Å². The van der Waals surface area contributed by atoms with Crippen molar-refractivity contribution in [2.24, 2.45) is 5.73 Å². The third-order valence-electron chi connectivity index (χ3n) is 3.10. The third-order valence-corrected chi connectivity index (χ3v) is 3.10. The van der Waals surface area contributed by atoms with Crippen molar-refractivity contribution in [3.05, 3.63) is 0 Å².